The van der Waals surface area contributed by atoms with Gasteiger partial charge in [0.15, 0.2) is 0 Å². The summed E-state index contributed by atoms with van der Waals surface area (Å²) in [6.07, 6.45) is 2.21. The molecule has 0 aliphatic carbocycles. The van der Waals surface area contributed by atoms with Crippen molar-refractivity contribution in [2.75, 3.05) is 18.4 Å². The normalized spacial score (nSPS) is 17.3. The van der Waals surface area contributed by atoms with E-state index >= 15 is 0 Å². The molecule has 1 aliphatic heterocycles. The molecule has 1 fully saturated rings. The maximum atomic E-state index is 12.0. The monoisotopic (exact) mass is 369 g/mol. The van der Waals surface area contributed by atoms with Crippen LogP contribution in [0.2, 0.25) is 0 Å². The zero-order valence-electron chi connectivity index (χ0n) is 14.4. The first kappa shape index (κ1) is 20.9. The van der Waals surface area contributed by atoms with Gasteiger partial charge in [-0.2, -0.15) is 0 Å². The number of anilines is 1. The Kier molecular flexibility index (Phi) is 7.86. The highest BCUT2D eigenvalue weighted by atomic mass is 35.5. The van der Waals surface area contributed by atoms with Gasteiger partial charge in [0, 0.05) is 5.69 Å². The largest absolute Gasteiger partial charge is 0.480 e. The molecule has 0 radical (unpaired) electrons. The molecule has 25 heavy (non-hydrogen) atoms. The Morgan fingerprint density at radius 1 is 1.24 bits per heavy atom. The first-order valence-corrected chi connectivity index (χ1v) is 8.02. The number of hydrogen-bond acceptors (Lipinski definition) is 4. The average molecular weight is 370 g/mol. The highest BCUT2D eigenvalue weighted by molar-refractivity contribution is 6.02. The minimum absolute atomic E-state index is 0. The second-order valence-corrected chi connectivity index (χ2v) is 6.07. The van der Waals surface area contributed by atoms with E-state index < -0.39 is 23.9 Å². The topological polar surface area (TPSA) is 98.7 Å². The van der Waals surface area contributed by atoms with E-state index in [-0.39, 0.29) is 19.0 Å². The van der Waals surface area contributed by atoms with E-state index in [4.69, 9.17) is 0 Å². The van der Waals surface area contributed by atoms with Crippen molar-refractivity contribution < 1.29 is 19.5 Å². The van der Waals surface area contributed by atoms with Crippen LogP contribution >= 0.6 is 12.4 Å². The van der Waals surface area contributed by atoms with Gasteiger partial charge in [-0.1, -0.05) is 18.6 Å². The summed E-state index contributed by atoms with van der Waals surface area (Å²) in [5.41, 5.74) is 2.61. The van der Waals surface area contributed by atoms with Crippen molar-refractivity contribution in [1.82, 2.24) is 10.2 Å². The fourth-order valence-corrected chi connectivity index (χ4v) is 2.85. The molecule has 0 spiro atoms. The third-order valence-corrected chi connectivity index (χ3v) is 4.35. The average Bonchev–Trinajstić information content (AvgIpc) is 2.52. The molecule has 3 amide bonds. The number of benzene rings is 1. The minimum atomic E-state index is -0.928. The highest BCUT2D eigenvalue weighted by Gasteiger charge is 2.29. The van der Waals surface area contributed by atoms with E-state index in [1.807, 2.05) is 26.0 Å². The molecular weight excluding hydrogens is 346 g/mol. The molecular formula is C17H24ClN3O4. The standard InChI is InChI=1S/C17H23N3O4.ClH/c1-11-6-5-7-13(12(11)2)18-17(24)19-15(21)10-20-9-4-3-8-14(20)16(22)23;/h5-7,14H,3-4,8-10H2,1-2H3,(H,22,23)(H2,18,19,21,24);1H. The van der Waals surface area contributed by atoms with Crippen LogP contribution in [0.4, 0.5) is 10.5 Å². The lowest BCUT2D eigenvalue weighted by atomic mass is 10.0. The number of nitrogens with zero attached hydrogens (tertiary/aromatic N) is 1. The zero-order valence-corrected chi connectivity index (χ0v) is 15.2. The Balaban J connectivity index is 0.00000312. The van der Waals surface area contributed by atoms with Gasteiger partial charge in [0.05, 0.1) is 6.54 Å². The lowest BCUT2D eigenvalue weighted by Gasteiger charge is -2.32. The number of amides is 3. The van der Waals surface area contributed by atoms with Crippen LogP contribution in [-0.4, -0.2) is 47.0 Å². The van der Waals surface area contributed by atoms with Crippen molar-refractivity contribution in [2.24, 2.45) is 0 Å². The number of imide groups is 1. The molecule has 7 nitrogen and oxygen atoms in total. The summed E-state index contributed by atoms with van der Waals surface area (Å²) in [7, 11) is 0. The number of carbonyl (C=O) groups is 3. The lowest BCUT2D eigenvalue weighted by molar-refractivity contribution is -0.145. The Morgan fingerprint density at radius 3 is 2.64 bits per heavy atom. The number of piperidine rings is 1. The van der Waals surface area contributed by atoms with Gasteiger partial charge in [-0.15, -0.1) is 12.4 Å². The fourth-order valence-electron chi connectivity index (χ4n) is 2.85. The molecule has 0 aromatic heterocycles. The SMILES string of the molecule is Cc1cccc(NC(=O)NC(=O)CN2CCCCC2C(=O)O)c1C.Cl. The number of carbonyl (C=O) groups excluding carboxylic acids is 2. The smallest absolute Gasteiger partial charge is 0.325 e. The number of rotatable bonds is 4. The number of hydrogen-bond donors (Lipinski definition) is 3. The van der Waals surface area contributed by atoms with Crippen molar-refractivity contribution in [3.8, 4) is 0 Å². The second-order valence-electron chi connectivity index (χ2n) is 6.07. The molecule has 3 N–H and O–H groups in total. The maximum absolute atomic E-state index is 12.0. The van der Waals surface area contributed by atoms with Gasteiger partial charge in [0.25, 0.3) is 0 Å². The second kappa shape index (κ2) is 9.39. The van der Waals surface area contributed by atoms with Gasteiger partial charge in [-0.05, 0) is 50.4 Å². The Bertz CT molecular complexity index is 651. The molecule has 1 unspecified atom stereocenters. The molecule has 1 atom stereocenters. The Morgan fingerprint density at radius 2 is 1.96 bits per heavy atom. The molecule has 2 rings (SSSR count). The van der Waals surface area contributed by atoms with Crippen LogP contribution in [0.1, 0.15) is 30.4 Å². The maximum Gasteiger partial charge on any atom is 0.325 e. The summed E-state index contributed by atoms with van der Waals surface area (Å²) in [5.74, 6) is -1.44. The summed E-state index contributed by atoms with van der Waals surface area (Å²) in [6.45, 7) is 4.27. The van der Waals surface area contributed by atoms with Crippen LogP contribution in [0.15, 0.2) is 18.2 Å². The highest BCUT2D eigenvalue weighted by Crippen LogP contribution is 2.18. The first-order chi connectivity index (χ1) is 11.4. The van der Waals surface area contributed by atoms with Crippen molar-refractivity contribution in [3.63, 3.8) is 0 Å². The van der Waals surface area contributed by atoms with Crippen LogP contribution in [0.3, 0.4) is 0 Å². The van der Waals surface area contributed by atoms with E-state index in [2.05, 4.69) is 10.6 Å². The summed E-state index contributed by atoms with van der Waals surface area (Å²) in [4.78, 5) is 36.8. The number of carboxylic acid groups (broad SMARTS) is 1. The van der Waals surface area contributed by atoms with E-state index in [0.717, 1.165) is 24.0 Å². The van der Waals surface area contributed by atoms with Gasteiger partial charge in [0.1, 0.15) is 6.04 Å². The Labute approximate surface area is 153 Å². The van der Waals surface area contributed by atoms with E-state index in [9.17, 15) is 19.5 Å². The quantitative estimate of drug-likeness (QED) is 0.756. The van der Waals surface area contributed by atoms with Crippen LogP contribution in [0.25, 0.3) is 0 Å². The third-order valence-electron chi connectivity index (χ3n) is 4.35. The minimum Gasteiger partial charge on any atom is -0.480 e. The number of urea groups is 1. The van der Waals surface area contributed by atoms with E-state index in [1.54, 1.807) is 11.0 Å². The molecule has 0 saturated carbocycles. The number of halogens is 1. The predicted octanol–water partition coefficient (Wildman–Crippen LogP) is 2.31. The van der Waals surface area contributed by atoms with Gasteiger partial charge in [-0.3, -0.25) is 19.8 Å². The van der Waals surface area contributed by atoms with Gasteiger partial charge in [0.2, 0.25) is 5.91 Å². The van der Waals surface area contributed by atoms with Crippen LogP contribution in [0.5, 0.6) is 0 Å². The molecule has 1 aromatic rings. The zero-order chi connectivity index (χ0) is 17.7. The molecule has 0 bridgehead atoms. The van der Waals surface area contributed by atoms with E-state index in [1.165, 1.54) is 0 Å². The first-order valence-electron chi connectivity index (χ1n) is 8.02. The van der Waals surface area contributed by atoms with Crippen molar-refractivity contribution >= 4 is 36.0 Å². The summed E-state index contributed by atoms with van der Waals surface area (Å²) in [5, 5.41) is 14.1. The van der Waals surface area contributed by atoms with Crippen molar-refractivity contribution in [2.45, 2.75) is 39.2 Å². The number of nitrogens with one attached hydrogen (secondary N) is 2. The molecule has 1 aliphatic rings. The van der Waals surface area contributed by atoms with Crippen LogP contribution in [-0.2, 0) is 9.59 Å². The van der Waals surface area contributed by atoms with Gasteiger partial charge >= 0.3 is 12.0 Å². The summed E-state index contributed by atoms with van der Waals surface area (Å²) < 4.78 is 0. The van der Waals surface area contributed by atoms with Crippen LogP contribution < -0.4 is 10.6 Å². The molecule has 1 heterocycles. The van der Waals surface area contributed by atoms with Crippen LogP contribution in [0, 0.1) is 13.8 Å². The predicted molar refractivity (Wildman–Crippen MR) is 97.2 cm³/mol. The molecule has 8 heteroatoms. The molecule has 1 aromatic carbocycles. The van der Waals surface area contributed by atoms with Gasteiger partial charge in [-0.25, -0.2) is 4.79 Å². The summed E-state index contributed by atoms with van der Waals surface area (Å²) in [6, 6.07) is 4.25. The third kappa shape index (κ3) is 5.72. The van der Waals surface area contributed by atoms with Crippen molar-refractivity contribution in [1.29, 1.82) is 0 Å². The lowest BCUT2D eigenvalue weighted by Crippen LogP contribution is -2.50. The number of aliphatic carboxylic acids is 1. The van der Waals surface area contributed by atoms with Gasteiger partial charge < -0.3 is 10.4 Å². The molecule has 138 valence electrons. The number of carboxylic acids is 1. The fraction of sp³-hybridized carbons (Fsp3) is 0.471. The van der Waals surface area contributed by atoms with Crippen molar-refractivity contribution in [3.05, 3.63) is 29.3 Å². The van der Waals surface area contributed by atoms with E-state index in [0.29, 0.717) is 18.7 Å². The summed E-state index contributed by atoms with van der Waals surface area (Å²) >= 11 is 0. The number of likely N-dealkylation sites (tertiary alicyclic amines) is 1. The Hall–Kier alpha value is -2.12. The molecule has 1 saturated heterocycles. The number of aryl methyl sites for hydroxylation is 1.